The molecule has 5 heteroatoms. The van der Waals surface area contributed by atoms with E-state index in [1.165, 1.54) is 12.8 Å². The Labute approximate surface area is 115 Å². The monoisotopic (exact) mass is 270 g/mol. The number of hydrogen-bond donors (Lipinski definition) is 3. The van der Waals surface area contributed by atoms with Gasteiger partial charge in [0.15, 0.2) is 0 Å². The molecule has 0 aromatic rings. The highest BCUT2D eigenvalue weighted by atomic mass is 16.5. The van der Waals surface area contributed by atoms with Crippen LogP contribution in [0.5, 0.6) is 0 Å². The predicted octanol–water partition coefficient (Wildman–Crippen LogP) is 1.26. The molecule has 0 bridgehead atoms. The van der Waals surface area contributed by atoms with Crippen molar-refractivity contribution >= 4 is 6.03 Å². The Balaban J connectivity index is 1.73. The van der Waals surface area contributed by atoms with Gasteiger partial charge in [-0.15, -0.1) is 0 Å². The number of rotatable bonds is 6. The fourth-order valence-corrected chi connectivity index (χ4v) is 2.61. The second-order valence-electron chi connectivity index (χ2n) is 6.41. The third-order valence-electron chi connectivity index (χ3n) is 4.68. The van der Waals surface area contributed by atoms with Crippen molar-refractivity contribution in [1.29, 1.82) is 0 Å². The van der Waals surface area contributed by atoms with Gasteiger partial charge < -0.3 is 20.5 Å². The van der Waals surface area contributed by atoms with Crippen molar-refractivity contribution in [1.82, 2.24) is 10.6 Å². The molecule has 2 aliphatic carbocycles. The van der Waals surface area contributed by atoms with E-state index in [4.69, 9.17) is 4.74 Å². The van der Waals surface area contributed by atoms with Crippen molar-refractivity contribution in [3.8, 4) is 0 Å². The fraction of sp³-hybridized carbons (Fsp3) is 0.929. The zero-order chi connectivity index (χ0) is 14.1. The maximum atomic E-state index is 11.6. The lowest BCUT2D eigenvalue weighted by atomic mass is 9.56. The highest BCUT2D eigenvalue weighted by Gasteiger charge is 2.59. The van der Waals surface area contributed by atoms with Gasteiger partial charge in [-0.1, -0.05) is 13.8 Å². The van der Waals surface area contributed by atoms with Crippen molar-refractivity contribution < 1.29 is 14.6 Å². The number of urea groups is 1. The highest BCUT2D eigenvalue weighted by molar-refractivity contribution is 5.74. The predicted molar refractivity (Wildman–Crippen MR) is 72.9 cm³/mol. The van der Waals surface area contributed by atoms with Gasteiger partial charge in [-0.2, -0.15) is 0 Å². The average molecular weight is 270 g/mol. The molecule has 5 nitrogen and oxygen atoms in total. The standard InChI is InChI=1S/C14H26N2O3/c1-4-19-11-7-14(18,13(11,2)3)9-16-12(17)15-8-10-5-6-10/h10-11,18H,4-9H2,1-3H3,(H2,15,16,17)/t11-,14+/m0/s1. The Hall–Kier alpha value is -0.810. The second kappa shape index (κ2) is 5.29. The van der Waals surface area contributed by atoms with E-state index in [-0.39, 0.29) is 24.1 Å². The molecule has 0 heterocycles. The van der Waals surface area contributed by atoms with Crippen LogP contribution in [0.4, 0.5) is 4.79 Å². The summed E-state index contributed by atoms with van der Waals surface area (Å²) in [4.78, 5) is 11.6. The van der Waals surface area contributed by atoms with Gasteiger partial charge in [0, 0.05) is 31.5 Å². The van der Waals surface area contributed by atoms with Crippen LogP contribution in [0.3, 0.4) is 0 Å². The van der Waals surface area contributed by atoms with Gasteiger partial charge >= 0.3 is 6.03 Å². The maximum Gasteiger partial charge on any atom is 0.314 e. The number of carbonyl (C=O) groups excluding carboxylic acids is 1. The number of hydrogen-bond acceptors (Lipinski definition) is 3. The zero-order valence-corrected chi connectivity index (χ0v) is 12.2. The van der Waals surface area contributed by atoms with E-state index in [0.29, 0.717) is 18.9 Å². The summed E-state index contributed by atoms with van der Waals surface area (Å²) in [5, 5.41) is 16.2. The van der Waals surface area contributed by atoms with E-state index < -0.39 is 5.60 Å². The van der Waals surface area contributed by atoms with Crippen LogP contribution in [0.15, 0.2) is 0 Å². The quantitative estimate of drug-likeness (QED) is 0.680. The average Bonchev–Trinajstić information content (AvgIpc) is 3.17. The van der Waals surface area contributed by atoms with Crippen LogP contribution < -0.4 is 10.6 Å². The third kappa shape index (κ3) is 3.03. The molecule has 2 aliphatic rings. The molecule has 0 unspecified atom stereocenters. The minimum atomic E-state index is -0.871. The minimum Gasteiger partial charge on any atom is -0.387 e. The summed E-state index contributed by atoms with van der Waals surface area (Å²) in [6.07, 6.45) is 3.08. The Morgan fingerprint density at radius 1 is 1.37 bits per heavy atom. The van der Waals surface area contributed by atoms with Crippen molar-refractivity contribution in [2.75, 3.05) is 19.7 Å². The Kier molecular flexibility index (Phi) is 4.06. The van der Waals surface area contributed by atoms with Crippen LogP contribution in [-0.2, 0) is 4.74 Å². The SMILES string of the molecule is CCO[C@H]1C[C@@](O)(CNC(=O)NCC2CC2)C1(C)C. The van der Waals surface area contributed by atoms with Gasteiger partial charge in [0.1, 0.15) is 0 Å². The fourth-order valence-electron chi connectivity index (χ4n) is 2.61. The van der Waals surface area contributed by atoms with E-state index in [1.54, 1.807) is 0 Å². The molecule has 0 aliphatic heterocycles. The molecule has 0 radical (unpaired) electrons. The molecule has 2 atom stereocenters. The van der Waals surface area contributed by atoms with E-state index in [0.717, 1.165) is 6.54 Å². The Morgan fingerprint density at radius 2 is 2.05 bits per heavy atom. The third-order valence-corrected chi connectivity index (χ3v) is 4.68. The molecule has 0 aromatic carbocycles. The molecule has 0 aromatic heterocycles. The van der Waals surface area contributed by atoms with Crippen molar-refractivity contribution in [3.63, 3.8) is 0 Å². The lowest BCUT2D eigenvalue weighted by Gasteiger charge is -2.57. The summed E-state index contributed by atoms with van der Waals surface area (Å²) in [6, 6.07) is -0.184. The van der Waals surface area contributed by atoms with E-state index in [9.17, 15) is 9.90 Å². The van der Waals surface area contributed by atoms with Gasteiger partial charge in [0.05, 0.1) is 11.7 Å². The van der Waals surface area contributed by atoms with Crippen LogP contribution in [-0.4, -0.2) is 42.5 Å². The smallest absolute Gasteiger partial charge is 0.314 e. The highest BCUT2D eigenvalue weighted by Crippen LogP contribution is 2.50. The van der Waals surface area contributed by atoms with E-state index >= 15 is 0 Å². The van der Waals surface area contributed by atoms with Crippen LogP contribution >= 0.6 is 0 Å². The summed E-state index contributed by atoms with van der Waals surface area (Å²) in [5.74, 6) is 0.663. The zero-order valence-electron chi connectivity index (χ0n) is 12.2. The topological polar surface area (TPSA) is 70.6 Å². The number of amides is 2. The molecule has 19 heavy (non-hydrogen) atoms. The van der Waals surface area contributed by atoms with Gasteiger partial charge in [0.25, 0.3) is 0 Å². The Bertz CT molecular complexity index is 342. The first kappa shape index (κ1) is 14.6. The summed E-state index contributed by atoms with van der Waals surface area (Å²) in [5.41, 5.74) is -1.20. The van der Waals surface area contributed by atoms with Crippen molar-refractivity contribution in [3.05, 3.63) is 0 Å². The summed E-state index contributed by atoms with van der Waals surface area (Å²) in [7, 11) is 0. The van der Waals surface area contributed by atoms with E-state index in [2.05, 4.69) is 10.6 Å². The molecule has 2 fully saturated rings. The molecule has 2 amide bonds. The molecule has 0 spiro atoms. The first-order valence-electron chi connectivity index (χ1n) is 7.25. The molecule has 110 valence electrons. The lowest BCUT2D eigenvalue weighted by Crippen LogP contribution is -2.69. The van der Waals surface area contributed by atoms with E-state index in [1.807, 2.05) is 20.8 Å². The first-order valence-corrected chi connectivity index (χ1v) is 7.25. The molecule has 2 rings (SSSR count). The number of nitrogens with one attached hydrogen (secondary N) is 2. The van der Waals surface area contributed by atoms with Gasteiger partial charge in [-0.3, -0.25) is 0 Å². The molecule has 2 saturated carbocycles. The summed E-state index contributed by atoms with van der Waals surface area (Å²) < 4.78 is 5.59. The second-order valence-corrected chi connectivity index (χ2v) is 6.41. The van der Waals surface area contributed by atoms with Crippen LogP contribution in [0.25, 0.3) is 0 Å². The number of ether oxygens (including phenoxy) is 1. The molecular weight excluding hydrogens is 244 g/mol. The summed E-state index contributed by atoms with van der Waals surface area (Å²) in [6.45, 7) is 7.60. The van der Waals surface area contributed by atoms with Gasteiger partial charge in [-0.05, 0) is 25.7 Å². The van der Waals surface area contributed by atoms with Crippen LogP contribution in [0.1, 0.15) is 40.0 Å². The molecular formula is C14H26N2O3. The van der Waals surface area contributed by atoms with Crippen LogP contribution in [0, 0.1) is 11.3 Å². The normalized spacial score (nSPS) is 32.5. The van der Waals surface area contributed by atoms with Crippen molar-refractivity contribution in [2.24, 2.45) is 11.3 Å². The molecule has 3 N–H and O–H groups in total. The number of carbonyl (C=O) groups is 1. The van der Waals surface area contributed by atoms with Crippen molar-refractivity contribution in [2.45, 2.75) is 51.7 Å². The first-order chi connectivity index (χ1) is 8.89. The van der Waals surface area contributed by atoms with Crippen LogP contribution in [0.2, 0.25) is 0 Å². The van der Waals surface area contributed by atoms with Gasteiger partial charge in [-0.25, -0.2) is 4.79 Å². The lowest BCUT2D eigenvalue weighted by molar-refractivity contribution is -0.237. The van der Waals surface area contributed by atoms with Gasteiger partial charge in [0.2, 0.25) is 0 Å². The number of aliphatic hydroxyl groups is 1. The summed E-state index contributed by atoms with van der Waals surface area (Å²) >= 11 is 0. The minimum absolute atomic E-state index is 0.0684. The maximum absolute atomic E-state index is 11.6. The largest absolute Gasteiger partial charge is 0.387 e. The molecule has 0 saturated heterocycles. The Morgan fingerprint density at radius 3 is 2.58 bits per heavy atom.